The molecule has 1 aliphatic carbocycles. The van der Waals surface area contributed by atoms with Crippen LogP contribution in [0.2, 0.25) is 0 Å². The Bertz CT molecular complexity index is 230. The van der Waals surface area contributed by atoms with E-state index >= 15 is 0 Å². The number of hydrogen-bond donors (Lipinski definition) is 0. The van der Waals surface area contributed by atoms with Crippen LogP contribution in [0.5, 0.6) is 0 Å². The van der Waals surface area contributed by atoms with Crippen LogP contribution in [-0.2, 0) is 4.74 Å². The first-order valence-electron chi connectivity index (χ1n) is 6.14. The second-order valence-corrected chi connectivity index (χ2v) is 5.56. The van der Waals surface area contributed by atoms with Gasteiger partial charge in [0.2, 0.25) is 0 Å². The third-order valence-corrected chi connectivity index (χ3v) is 4.47. The van der Waals surface area contributed by atoms with E-state index in [4.69, 9.17) is 4.74 Å². The summed E-state index contributed by atoms with van der Waals surface area (Å²) in [7, 11) is 2.22. The number of rotatable bonds is 0. The standard InChI is InChI=1S/C12H21NO/c1-13-8-7-12(9-13)6-5-10-3-2-4-11(10)14-12/h10-11H,2-9H2,1H3. The topological polar surface area (TPSA) is 12.5 Å². The van der Waals surface area contributed by atoms with Gasteiger partial charge in [-0.15, -0.1) is 0 Å². The van der Waals surface area contributed by atoms with Gasteiger partial charge in [0.05, 0.1) is 11.7 Å². The molecule has 80 valence electrons. The smallest absolute Gasteiger partial charge is 0.0824 e. The molecule has 2 heteroatoms. The maximum absolute atomic E-state index is 6.39. The monoisotopic (exact) mass is 195 g/mol. The van der Waals surface area contributed by atoms with Crippen molar-refractivity contribution in [3.8, 4) is 0 Å². The second-order valence-electron chi connectivity index (χ2n) is 5.56. The van der Waals surface area contributed by atoms with Crippen LogP contribution in [0.1, 0.15) is 38.5 Å². The highest BCUT2D eigenvalue weighted by atomic mass is 16.5. The molecule has 0 aromatic rings. The van der Waals surface area contributed by atoms with Gasteiger partial charge in [0.15, 0.2) is 0 Å². The Morgan fingerprint density at radius 3 is 2.93 bits per heavy atom. The molecule has 3 rings (SSSR count). The van der Waals surface area contributed by atoms with E-state index in [-0.39, 0.29) is 5.60 Å². The summed E-state index contributed by atoms with van der Waals surface area (Å²) < 4.78 is 6.39. The molecule has 2 heterocycles. The first-order chi connectivity index (χ1) is 6.77. The Hall–Kier alpha value is -0.0800. The summed E-state index contributed by atoms with van der Waals surface area (Å²) in [5.41, 5.74) is 0.264. The lowest BCUT2D eigenvalue weighted by molar-refractivity contribution is -0.136. The van der Waals surface area contributed by atoms with E-state index in [9.17, 15) is 0 Å². The summed E-state index contributed by atoms with van der Waals surface area (Å²) in [6.07, 6.45) is 8.80. The van der Waals surface area contributed by atoms with Crippen LogP contribution in [0.15, 0.2) is 0 Å². The molecule has 0 bridgehead atoms. The van der Waals surface area contributed by atoms with Gasteiger partial charge in [-0.25, -0.2) is 0 Å². The van der Waals surface area contributed by atoms with Gasteiger partial charge in [0.1, 0.15) is 0 Å². The number of fused-ring (bicyclic) bond motifs is 1. The van der Waals surface area contributed by atoms with Crippen LogP contribution < -0.4 is 0 Å². The highest BCUT2D eigenvalue weighted by Crippen LogP contribution is 2.44. The number of ether oxygens (including phenoxy) is 1. The minimum Gasteiger partial charge on any atom is -0.370 e. The van der Waals surface area contributed by atoms with Gasteiger partial charge >= 0.3 is 0 Å². The minimum absolute atomic E-state index is 0.264. The quantitative estimate of drug-likeness (QED) is 0.586. The summed E-state index contributed by atoms with van der Waals surface area (Å²) in [5.74, 6) is 0.909. The molecule has 0 radical (unpaired) electrons. The Morgan fingerprint density at radius 2 is 2.14 bits per heavy atom. The van der Waals surface area contributed by atoms with Crippen molar-refractivity contribution in [2.75, 3.05) is 20.1 Å². The zero-order chi connectivity index (χ0) is 9.60. The first-order valence-corrected chi connectivity index (χ1v) is 6.14. The Balaban J connectivity index is 1.72. The van der Waals surface area contributed by atoms with Crippen molar-refractivity contribution >= 4 is 0 Å². The molecule has 1 saturated carbocycles. The lowest BCUT2D eigenvalue weighted by Gasteiger charge is -2.40. The van der Waals surface area contributed by atoms with Crippen molar-refractivity contribution in [3.05, 3.63) is 0 Å². The molecule has 14 heavy (non-hydrogen) atoms. The van der Waals surface area contributed by atoms with Crippen LogP contribution in [0.25, 0.3) is 0 Å². The zero-order valence-electron chi connectivity index (χ0n) is 9.17. The molecule has 2 aliphatic heterocycles. The van der Waals surface area contributed by atoms with E-state index < -0.39 is 0 Å². The van der Waals surface area contributed by atoms with Crippen molar-refractivity contribution < 1.29 is 4.74 Å². The molecule has 3 atom stereocenters. The largest absolute Gasteiger partial charge is 0.370 e. The van der Waals surface area contributed by atoms with E-state index in [1.54, 1.807) is 0 Å². The lowest BCUT2D eigenvalue weighted by Crippen LogP contribution is -2.44. The number of likely N-dealkylation sites (N-methyl/N-ethyl adjacent to an activating group) is 1. The van der Waals surface area contributed by atoms with Gasteiger partial charge in [0.25, 0.3) is 0 Å². The molecule has 0 amide bonds. The van der Waals surface area contributed by atoms with Gasteiger partial charge in [0, 0.05) is 13.1 Å². The normalized spacial score (nSPS) is 48.6. The van der Waals surface area contributed by atoms with Crippen molar-refractivity contribution in [2.24, 2.45) is 5.92 Å². The molecular formula is C12H21NO. The van der Waals surface area contributed by atoms with Crippen LogP contribution in [0, 0.1) is 5.92 Å². The van der Waals surface area contributed by atoms with Gasteiger partial charge in [-0.05, 0) is 45.1 Å². The molecule has 0 aromatic heterocycles. The minimum atomic E-state index is 0.264. The third-order valence-electron chi connectivity index (χ3n) is 4.47. The van der Waals surface area contributed by atoms with Crippen molar-refractivity contribution in [2.45, 2.75) is 50.2 Å². The number of hydrogen-bond acceptors (Lipinski definition) is 2. The summed E-state index contributed by atoms with van der Waals surface area (Å²) in [6, 6.07) is 0. The molecule has 3 aliphatic rings. The summed E-state index contributed by atoms with van der Waals surface area (Å²) in [4.78, 5) is 2.43. The summed E-state index contributed by atoms with van der Waals surface area (Å²) in [6.45, 7) is 2.41. The zero-order valence-corrected chi connectivity index (χ0v) is 9.17. The maximum atomic E-state index is 6.39. The predicted molar refractivity (Wildman–Crippen MR) is 56.3 cm³/mol. The van der Waals surface area contributed by atoms with E-state index in [1.807, 2.05) is 0 Å². The highest BCUT2D eigenvalue weighted by molar-refractivity contribution is 4.97. The van der Waals surface area contributed by atoms with Gasteiger partial charge < -0.3 is 9.64 Å². The average Bonchev–Trinajstić information content (AvgIpc) is 2.74. The van der Waals surface area contributed by atoms with Crippen LogP contribution in [-0.4, -0.2) is 36.7 Å². The number of likely N-dealkylation sites (tertiary alicyclic amines) is 1. The molecule has 3 unspecified atom stereocenters. The van der Waals surface area contributed by atoms with Crippen LogP contribution in [0.3, 0.4) is 0 Å². The van der Waals surface area contributed by atoms with Crippen LogP contribution in [0.4, 0.5) is 0 Å². The first kappa shape index (κ1) is 9.17. The molecule has 0 N–H and O–H groups in total. The van der Waals surface area contributed by atoms with E-state index in [0.717, 1.165) is 5.92 Å². The molecular weight excluding hydrogens is 174 g/mol. The fourth-order valence-corrected chi connectivity index (χ4v) is 3.66. The van der Waals surface area contributed by atoms with E-state index in [1.165, 1.54) is 51.6 Å². The fourth-order valence-electron chi connectivity index (χ4n) is 3.66. The average molecular weight is 195 g/mol. The summed E-state index contributed by atoms with van der Waals surface area (Å²) >= 11 is 0. The summed E-state index contributed by atoms with van der Waals surface area (Å²) in [5, 5.41) is 0. The number of nitrogens with zero attached hydrogens (tertiary/aromatic N) is 1. The van der Waals surface area contributed by atoms with Gasteiger partial charge in [-0.2, -0.15) is 0 Å². The Morgan fingerprint density at radius 1 is 1.21 bits per heavy atom. The van der Waals surface area contributed by atoms with E-state index in [0.29, 0.717) is 6.10 Å². The second kappa shape index (κ2) is 3.21. The van der Waals surface area contributed by atoms with Gasteiger partial charge in [-0.1, -0.05) is 6.42 Å². The SMILES string of the molecule is CN1CCC2(CCC3CCCC3O2)C1. The molecule has 1 spiro atoms. The van der Waals surface area contributed by atoms with E-state index in [2.05, 4.69) is 11.9 Å². The fraction of sp³-hybridized carbons (Fsp3) is 1.00. The van der Waals surface area contributed by atoms with Crippen LogP contribution >= 0.6 is 0 Å². The molecule has 2 nitrogen and oxygen atoms in total. The maximum Gasteiger partial charge on any atom is 0.0824 e. The van der Waals surface area contributed by atoms with Crippen molar-refractivity contribution in [3.63, 3.8) is 0 Å². The predicted octanol–water partition coefficient (Wildman–Crippen LogP) is 2.04. The molecule has 2 saturated heterocycles. The lowest BCUT2D eigenvalue weighted by atomic mass is 9.85. The molecule has 3 fully saturated rings. The van der Waals surface area contributed by atoms with Gasteiger partial charge in [-0.3, -0.25) is 0 Å². The molecule has 0 aromatic carbocycles. The third kappa shape index (κ3) is 1.40. The van der Waals surface area contributed by atoms with Crippen molar-refractivity contribution in [1.29, 1.82) is 0 Å². The highest BCUT2D eigenvalue weighted by Gasteiger charge is 2.46. The van der Waals surface area contributed by atoms with Crippen molar-refractivity contribution in [1.82, 2.24) is 4.90 Å². The Labute approximate surface area is 86.6 Å². The Kier molecular flexibility index (Phi) is 2.10.